The lowest BCUT2D eigenvalue weighted by Crippen LogP contribution is -2.03. The van der Waals surface area contributed by atoms with Gasteiger partial charge in [-0.15, -0.1) is 0 Å². The van der Waals surface area contributed by atoms with E-state index in [1.54, 1.807) is 0 Å². The third-order valence-corrected chi connectivity index (χ3v) is 3.55. The van der Waals surface area contributed by atoms with Crippen LogP contribution >= 0.6 is 0 Å². The van der Waals surface area contributed by atoms with Crippen molar-refractivity contribution in [1.29, 1.82) is 0 Å². The molecule has 1 N–H and O–H groups in total. The molecule has 0 bridgehead atoms. The molecule has 0 unspecified atom stereocenters. The molecule has 94 valence electrons. The maximum absolute atomic E-state index is 12.0. The molecular weight excluding hydrogens is 234 g/mol. The molecule has 3 rings (SSSR count). The first kappa shape index (κ1) is 11.7. The van der Waals surface area contributed by atoms with E-state index < -0.39 is 0 Å². The summed E-state index contributed by atoms with van der Waals surface area (Å²) in [5.74, 6) is -0.0283. The molecule has 19 heavy (non-hydrogen) atoms. The summed E-state index contributed by atoms with van der Waals surface area (Å²) >= 11 is 0. The Morgan fingerprint density at radius 2 is 1.79 bits per heavy atom. The highest BCUT2D eigenvalue weighted by molar-refractivity contribution is 6.34. The van der Waals surface area contributed by atoms with Gasteiger partial charge in [0.15, 0.2) is 0 Å². The molecule has 1 aliphatic heterocycles. The molecule has 2 nitrogen and oxygen atoms in total. The normalized spacial score (nSPS) is 15.5. The minimum atomic E-state index is -0.0283. The lowest BCUT2D eigenvalue weighted by molar-refractivity contribution is -0.110. The number of carbonyl (C=O) groups is 1. The molecule has 0 aromatic heterocycles. The van der Waals surface area contributed by atoms with Crippen LogP contribution in [0.1, 0.15) is 22.3 Å². The fourth-order valence-corrected chi connectivity index (χ4v) is 2.30. The van der Waals surface area contributed by atoms with Gasteiger partial charge in [-0.05, 0) is 42.7 Å². The maximum Gasteiger partial charge on any atom is 0.256 e. The molecule has 0 aliphatic carbocycles. The minimum absolute atomic E-state index is 0.0283. The topological polar surface area (TPSA) is 29.1 Å². The van der Waals surface area contributed by atoms with E-state index in [2.05, 4.69) is 31.3 Å². The second kappa shape index (κ2) is 4.39. The SMILES string of the molecule is Cc1ccc(/C=C2/C(=O)Nc3ccccc32)cc1C. The van der Waals surface area contributed by atoms with Gasteiger partial charge in [0, 0.05) is 16.8 Å². The zero-order valence-electron chi connectivity index (χ0n) is 11.0. The summed E-state index contributed by atoms with van der Waals surface area (Å²) in [6.07, 6.45) is 1.95. The number of fused-ring (bicyclic) bond motifs is 1. The second-order valence-electron chi connectivity index (χ2n) is 4.90. The van der Waals surface area contributed by atoms with Crippen molar-refractivity contribution in [2.45, 2.75) is 13.8 Å². The van der Waals surface area contributed by atoms with Crippen LogP contribution in [0.25, 0.3) is 11.6 Å². The fraction of sp³-hybridized carbons (Fsp3) is 0.118. The Labute approximate surface area is 112 Å². The molecule has 1 aliphatic rings. The summed E-state index contributed by atoms with van der Waals surface area (Å²) < 4.78 is 0. The molecule has 1 amide bonds. The predicted octanol–water partition coefficient (Wildman–Crippen LogP) is 3.80. The van der Waals surface area contributed by atoms with Crippen LogP contribution in [0.2, 0.25) is 0 Å². The van der Waals surface area contributed by atoms with Crippen LogP contribution < -0.4 is 5.32 Å². The summed E-state index contributed by atoms with van der Waals surface area (Å²) in [7, 11) is 0. The Hall–Kier alpha value is -2.35. The van der Waals surface area contributed by atoms with Gasteiger partial charge in [0.05, 0.1) is 0 Å². The molecule has 0 saturated carbocycles. The number of rotatable bonds is 1. The van der Waals surface area contributed by atoms with E-state index in [4.69, 9.17) is 0 Å². The lowest BCUT2D eigenvalue weighted by atomic mass is 10.0. The van der Waals surface area contributed by atoms with Crippen molar-refractivity contribution < 1.29 is 4.79 Å². The van der Waals surface area contributed by atoms with E-state index >= 15 is 0 Å². The zero-order valence-corrected chi connectivity index (χ0v) is 11.0. The van der Waals surface area contributed by atoms with E-state index in [9.17, 15) is 4.79 Å². The van der Waals surface area contributed by atoms with Crippen LogP contribution in [0.15, 0.2) is 42.5 Å². The van der Waals surface area contributed by atoms with Crippen LogP contribution in [-0.4, -0.2) is 5.91 Å². The molecule has 0 fully saturated rings. The van der Waals surface area contributed by atoms with Gasteiger partial charge in [0.1, 0.15) is 0 Å². The van der Waals surface area contributed by atoms with Crippen LogP contribution in [-0.2, 0) is 4.79 Å². The molecule has 2 heteroatoms. The molecule has 0 spiro atoms. The van der Waals surface area contributed by atoms with Crippen LogP contribution in [0.3, 0.4) is 0 Å². The monoisotopic (exact) mass is 249 g/mol. The number of hydrogen-bond donors (Lipinski definition) is 1. The average molecular weight is 249 g/mol. The third-order valence-electron chi connectivity index (χ3n) is 3.55. The van der Waals surface area contributed by atoms with Crippen LogP contribution in [0.5, 0.6) is 0 Å². The van der Waals surface area contributed by atoms with Gasteiger partial charge in [-0.2, -0.15) is 0 Å². The Kier molecular flexibility index (Phi) is 2.71. The Morgan fingerprint density at radius 1 is 1.00 bits per heavy atom. The van der Waals surface area contributed by atoms with Gasteiger partial charge in [0.25, 0.3) is 5.91 Å². The number of benzene rings is 2. The Balaban J connectivity index is 2.08. The largest absolute Gasteiger partial charge is 0.321 e. The number of carbonyl (C=O) groups excluding carboxylic acids is 1. The zero-order chi connectivity index (χ0) is 13.4. The van der Waals surface area contributed by atoms with Gasteiger partial charge in [0.2, 0.25) is 0 Å². The minimum Gasteiger partial charge on any atom is -0.321 e. The molecule has 2 aromatic rings. The first-order valence-corrected chi connectivity index (χ1v) is 6.35. The van der Waals surface area contributed by atoms with E-state index in [1.165, 1.54) is 11.1 Å². The summed E-state index contributed by atoms with van der Waals surface area (Å²) in [5, 5.41) is 2.89. The number of hydrogen-bond acceptors (Lipinski definition) is 1. The van der Waals surface area contributed by atoms with E-state index in [-0.39, 0.29) is 5.91 Å². The summed E-state index contributed by atoms with van der Waals surface area (Å²) in [4.78, 5) is 12.0. The van der Waals surface area contributed by atoms with Crippen LogP contribution in [0, 0.1) is 13.8 Å². The van der Waals surface area contributed by atoms with Crippen molar-refractivity contribution in [2.24, 2.45) is 0 Å². The fourth-order valence-electron chi connectivity index (χ4n) is 2.30. The highest BCUT2D eigenvalue weighted by atomic mass is 16.1. The standard InChI is InChI=1S/C17H15NO/c1-11-7-8-13(9-12(11)2)10-15-14-5-3-4-6-16(14)18-17(15)19/h3-10H,1-2H3,(H,18,19)/b15-10+. The lowest BCUT2D eigenvalue weighted by Gasteiger charge is -2.02. The number of amides is 1. The van der Waals surface area contributed by atoms with Gasteiger partial charge >= 0.3 is 0 Å². The highest BCUT2D eigenvalue weighted by Gasteiger charge is 2.23. The van der Waals surface area contributed by atoms with Crippen molar-refractivity contribution >= 4 is 23.2 Å². The Morgan fingerprint density at radius 3 is 2.58 bits per heavy atom. The number of para-hydroxylation sites is 1. The van der Waals surface area contributed by atoms with Gasteiger partial charge in [-0.3, -0.25) is 4.79 Å². The van der Waals surface area contributed by atoms with Crippen molar-refractivity contribution in [2.75, 3.05) is 5.32 Å². The van der Waals surface area contributed by atoms with Gasteiger partial charge < -0.3 is 5.32 Å². The summed E-state index contributed by atoms with van der Waals surface area (Å²) in [6, 6.07) is 14.0. The maximum atomic E-state index is 12.0. The smallest absolute Gasteiger partial charge is 0.256 e. The first-order valence-electron chi connectivity index (χ1n) is 6.35. The molecule has 2 aromatic carbocycles. The van der Waals surface area contributed by atoms with E-state index in [0.29, 0.717) is 0 Å². The second-order valence-corrected chi connectivity index (χ2v) is 4.90. The third kappa shape index (κ3) is 2.06. The van der Waals surface area contributed by atoms with Crippen molar-refractivity contribution in [1.82, 2.24) is 0 Å². The molecule has 0 radical (unpaired) electrons. The van der Waals surface area contributed by atoms with Crippen LogP contribution in [0.4, 0.5) is 5.69 Å². The predicted molar refractivity (Wildman–Crippen MR) is 78.9 cm³/mol. The molecule has 0 atom stereocenters. The number of aryl methyl sites for hydroxylation is 2. The van der Waals surface area contributed by atoms with Gasteiger partial charge in [-0.1, -0.05) is 36.4 Å². The van der Waals surface area contributed by atoms with E-state index in [1.807, 2.05) is 36.4 Å². The molecular formula is C17H15NO. The quantitative estimate of drug-likeness (QED) is 0.765. The number of nitrogens with one attached hydrogen (secondary N) is 1. The highest BCUT2D eigenvalue weighted by Crippen LogP contribution is 2.32. The number of anilines is 1. The average Bonchev–Trinajstić information content (AvgIpc) is 2.71. The summed E-state index contributed by atoms with van der Waals surface area (Å²) in [5.41, 5.74) is 6.16. The van der Waals surface area contributed by atoms with Crippen molar-refractivity contribution in [3.63, 3.8) is 0 Å². The first-order chi connectivity index (χ1) is 9.15. The summed E-state index contributed by atoms with van der Waals surface area (Å²) in [6.45, 7) is 4.17. The van der Waals surface area contributed by atoms with Crippen molar-refractivity contribution in [3.8, 4) is 0 Å². The van der Waals surface area contributed by atoms with Gasteiger partial charge in [-0.25, -0.2) is 0 Å². The van der Waals surface area contributed by atoms with Crippen molar-refractivity contribution in [3.05, 3.63) is 64.7 Å². The molecule has 0 saturated heterocycles. The van der Waals surface area contributed by atoms with E-state index in [0.717, 1.165) is 22.4 Å². The molecule has 1 heterocycles. The Bertz CT molecular complexity index is 698.